The molecule has 0 aliphatic heterocycles. The predicted molar refractivity (Wildman–Crippen MR) is 115 cm³/mol. The predicted octanol–water partition coefficient (Wildman–Crippen LogP) is 3.59. The molecule has 30 heavy (non-hydrogen) atoms. The topological polar surface area (TPSA) is 74.6 Å². The van der Waals surface area contributed by atoms with Crippen LogP contribution in [0.25, 0.3) is 11.0 Å². The zero-order chi connectivity index (χ0) is 21.1. The number of ether oxygens (including phenoxy) is 3. The lowest BCUT2D eigenvalue weighted by molar-refractivity contribution is -0.120. The number of hydrogen-bond acceptors (Lipinski definition) is 5. The zero-order valence-corrected chi connectivity index (χ0v) is 18.2. The molecule has 1 aromatic carbocycles. The third kappa shape index (κ3) is 5.45. The standard InChI is InChI=1S/C23H33N3O4/c1-15(24-16(2)27)13-28-18-6-8-19(9-7-18)30-23-25-21-12-20(29-14-17-4-5-17)10-11-22(21)26(23)3/h10-12,15,17-19H,4-9,13-14H2,1-3H3,(H,24,27)/t15-,18?,19?/m0/s1. The van der Waals surface area contributed by atoms with E-state index in [0.717, 1.165) is 55.0 Å². The van der Waals surface area contributed by atoms with Crippen molar-refractivity contribution in [1.29, 1.82) is 0 Å². The summed E-state index contributed by atoms with van der Waals surface area (Å²) in [6.07, 6.45) is 6.75. The van der Waals surface area contributed by atoms with Crippen LogP contribution in [0.1, 0.15) is 52.4 Å². The lowest BCUT2D eigenvalue weighted by atomic mass is 9.95. The summed E-state index contributed by atoms with van der Waals surface area (Å²) in [6, 6.07) is 6.77. The highest BCUT2D eigenvalue weighted by molar-refractivity contribution is 5.78. The largest absolute Gasteiger partial charge is 0.493 e. The van der Waals surface area contributed by atoms with E-state index in [-0.39, 0.29) is 24.2 Å². The van der Waals surface area contributed by atoms with Crippen LogP contribution >= 0.6 is 0 Å². The van der Waals surface area contributed by atoms with Gasteiger partial charge in [0.25, 0.3) is 6.01 Å². The van der Waals surface area contributed by atoms with Crippen LogP contribution in [0, 0.1) is 5.92 Å². The van der Waals surface area contributed by atoms with Crippen molar-refractivity contribution < 1.29 is 19.0 Å². The molecule has 2 fully saturated rings. The molecule has 1 aromatic heterocycles. The summed E-state index contributed by atoms with van der Waals surface area (Å²) < 4.78 is 20.1. The molecular weight excluding hydrogens is 382 g/mol. The van der Waals surface area contributed by atoms with E-state index in [1.165, 1.54) is 19.8 Å². The van der Waals surface area contributed by atoms with Gasteiger partial charge in [-0.3, -0.25) is 9.36 Å². The molecule has 2 aliphatic rings. The van der Waals surface area contributed by atoms with E-state index in [4.69, 9.17) is 19.2 Å². The van der Waals surface area contributed by atoms with Gasteiger partial charge in [-0.05, 0) is 63.5 Å². The number of carbonyl (C=O) groups excluding carboxylic acids is 1. The van der Waals surface area contributed by atoms with E-state index in [1.54, 1.807) is 0 Å². The van der Waals surface area contributed by atoms with Gasteiger partial charge in [-0.15, -0.1) is 0 Å². The molecule has 2 aromatic rings. The normalized spacial score (nSPS) is 22.6. The van der Waals surface area contributed by atoms with Crippen molar-refractivity contribution in [2.24, 2.45) is 13.0 Å². The Morgan fingerprint density at radius 1 is 1.20 bits per heavy atom. The summed E-state index contributed by atoms with van der Waals surface area (Å²) in [7, 11) is 1.99. The SMILES string of the molecule is CC(=O)N[C@@H](C)COC1CCC(Oc2nc3cc(OCC4CC4)ccc3n2C)CC1. The third-order valence-corrected chi connectivity index (χ3v) is 5.92. The summed E-state index contributed by atoms with van der Waals surface area (Å²) in [5.74, 6) is 1.59. The first-order chi connectivity index (χ1) is 14.5. The fourth-order valence-corrected chi connectivity index (χ4v) is 3.99. The summed E-state index contributed by atoms with van der Waals surface area (Å²) in [5, 5.41) is 2.85. The smallest absolute Gasteiger partial charge is 0.297 e. The molecule has 0 unspecified atom stereocenters. The summed E-state index contributed by atoms with van der Waals surface area (Å²) in [6.45, 7) is 4.84. The monoisotopic (exact) mass is 415 g/mol. The quantitative estimate of drug-likeness (QED) is 0.677. The fraction of sp³-hybridized carbons (Fsp3) is 0.652. The summed E-state index contributed by atoms with van der Waals surface area (Å²) in [4.78, 5) is 15.8. The Morgan fingerprint density at radius 3 is 2.63 bits per heavy atom. The first-order valence-electron chi connectivity index (χ1n) is 11.1. The van der Waals surface area contributed by atoms with Crippen LogP contribution in [-0.2, 0) is 16.6 Å². The maximum absolute atomic E-state index is 11.1. The van der Waals surface area contributed by atoms with Crippen LogP contribution in [0.5, 0.6) is 11.8 Å². The number of nitrogens with zero attached hydrogens (tertiary/aromatic N) is 2. The summed E-state index contributed by atoms with van der Waals surface area (Å²) >= 11 is 0. The fourth-order valence-electron chi connectivity index (χ4n) is 3.99. The molecule has 0 bridgehead atoms. The van der Waals surface area contributed by atoms with Gasteiger partial charge in [-0.25, -0.2) is 0 Å². The maximum atomic E-state index is 11.1. The van der Waals surface area contributed by atoms with Gasteiger partial charge in [0.2, 0.25) is 5.91 Å². The van der Waals surface area contributed by atoms with Gasteiger partial charge in [0.15, 0.2) is 0 Å². The highest BCUT2D eigenvalue weighted by Gasteiger charge is 2.25. The number of aromatic nitrogens is 2. The Bertz CT molecular complexity index is 869. The van der Waals surface area contributed by atoms with Crippen LogP contribution < -0.4 is 14.8 Å². The molecule has 1 amide bonds. The highest BCUT2D eigenvalue weighted by Crippen LogP contribution is 2.31. The average molecular weight is 416 g/mol. The second kappa shape index (κ2) is 9.25. The molecule has 7 heteroatoms. The molecule has 0 radical (unpaired) electrons. The number of amides is 1. The second-order valence-electron chi connectivity index (χ2n) is 8.81. The number of rotatable bonds is 9. The van der Waals surface area contributed by atoms with E-state index < -0.39 is 0 Å². The molecule has 2 aliphatic carbocycles. The van der Waals surface area contributed by atoms with Gasteiger partial charge in [0.05, 0.1) is 30.4 Å². The number of imidazole rings is 1. The number of nitrogens with one attached hydrogen (secondary N) is 1. The molecule has 7 nitrogen and oxygen atoms in total. The second-order valence-corrected chi connectivity index (χ2v) is 8.81. The van der Waals surface area contributed by atoms with E-state index in [0.29, 0.717) is 12.6 Å². The lowest BCUT2D eigenvalue weighted by Gasteiger charge is -2.29. The van der Waals surface area contributed by atoms with E-state index in [1.807, 2.05) is 30.7 Å². The van der Waals surface area contributed by atoms with Crippen LogP contribution in [0.3, 0.4) is 0 Å². The van der Waals surface area contributed by atoms with Crippen LogP contribution in [0.2, 0.25) is 0 Å². The Labute approximate surface area is 178 Å². The molecule has 164 valence electrons. The van der Waals surface area contributed by atoms with Crippen molar-refractivity contribution in [1.82, 2.24) is 14.9 Å². The molecule has 1 heterocycles. The van der Waals surface area contributed by atoms with E-state index in [9.17, 15) is 4.79 Å². The van der Waals surface area contributed by atoms with Crippen molar-refractivity contribution in [3.63, 3.8) is 0 Å². The Balaban J connectivity index is 1.28. The van der Waals surface area contributed by atoms with Crippen molar-refractivity contribution in [3.05, 3.63) is 18.2 Å². The molecule has 1 N–H and O–H groups in total. The number of benzene rings is 1. The molecule has 4 rings (SSSR count). The summed E-state index contributed by atoms with van der Waals surface area (Å²) in [5.41, 5.74) is 1.96. The van der Waals surface area contributed by atoms with Gasteiger partial charge in [0.1, 0.15) is 11.9 Å². The number of fused-ring (bicyclic) bond motifs is 1. The van der Waals surface area contributed by atoms with Crippen molar-refractivity contribution >= 4 is 16.9 Å². The van der Waals surface area contributed by atoms with Gasteiger partial charge >= 0.3 is 0 Å². The van der Waals surface area contributed by atoms with Crippen molar-refractivity contribution in [2.75, 3.05) is 13.2 Å². The molecule has 1 atom stereocenters. The van der Waals surface area contributed by atoms with Crippen molar-refractivity contribution in [2.45, 2.75) is 70.6 Å². The minimum atomic E-state index is -0.0211. The van der Waals surface area contributed by atoms with E-state index >= 15 is 0 Å². The molecule has 2 saturated carbocycles. The average Bonchev–Trinajstić information content (AvgIpc) is 3.50. The number of hydrogen-bond donors (Lipinski definition) is 1. The molecule has 0 spiro atoms. The third-order valence-electron chi connectivity index (χ3n) is 5.92. The van der Waals surface area contributed by atoms with Crippen molar-refractivity contribution in [3.8, 4) is 11.8 Å². The number of aryl methyl sites for hydroxylation is 1. The van der Waals surface area contributed by atoms with Gasteiger partial charge in [-0.2, -0.15) is 4.98 Å². The first-order valence-corrected chi connectivity index (χ1v) is 11.1. The Morgan fingerprint density at radius 2 is 1.93 bits per heavy atom. The van der Waals surface area contributed by atoms with Gasteiger partial charge < -0.3 is 19.5 Å². The Hall–Kier alpha value is -2.28. The van der Waals surface area contributed by atoms with Crippen LogP contribution in [-0.4, -0.2) is 46.9 Å². The van der Waals surface area contributed by atoms with Crippen LogP contribution in [0.4, 0.5) is 0 Å². The maximum Gasteiger partial charge on any atom is 0.297 e. The molecule has 0 saturated heterocycles. The minimum absolute atomic E-state index is 0.0211. The highest BCUT2D eigenvalue weighted by atomic mass is 16.5. The minimum Gasteiger partial charge on any atom is -0.493 e. The molecular formula is C23H33N3O4. The Kier molecular flexibility index (Phi) is 6.46. The zero-order valence-electron chi connectivity index (χ0n) is 18.2. The van der Waals surface area contributed by atoms with Crippen LogP contribution in [0.15, 0.2) is 18.2 Å². The van der Waals surface area contributed by atoms with E-state index in [2.05, 4.69) is 11.4 Å². The lowest BCUT2D eigenvalue weighted by Crippen LogP contribution is -2.37. The van der Waals surface area contributed by atoms with Gasteiger partial charge in [0, 0.05) is 26.1 Å². The number of carbonyl (C=O) groups is 1. The first kappa shape index (κ1) is 21.0. The van der Waals surface area contributed by atoms with Gasteiger partial charge in [-0.1, -0.05) is 0 Å².